The monoisotopic (exact) mass is 215 g/mol. The van der Waals surface area contributed by atoms with Crippen LogP contribution in [0.3, 0.4) is 0 Å². The Morgan fingerprint density at radius 3 is 2.73 bits per heavy atom. The van der Waals surface area contributed by atoms with E-state index >= 15 is 0 Å². The minimum absolute atomic E-state index is 0.129. The molecule has 4 nitrogen and oxygen atoms in total. The molecule has 0 aromatic carbocycles. The van der Waals surface area contributed by atoms with Crippen LogP contribution in [0.2, 0.25) is 0 Å². The molecule has 1 fully saturated rings. The van der Waals surface area contributed by atoms with Crippen molar-refractivity contribution < 1.29 is 9.84 Å². The van der Waals surface area contributed by atoms with Gasteiger partial charge in [0.2, 0.25) is 0 Å². The van der Waals surface area contributed by atoms with Gasteiger partial charge in [-0.15, -0.1) is 0 Å². The molecular weight excluding hydrogens is 192 g/mol. The van der Waals surface area contributed by atoms with Gasteiger partial charge in [-0.05, 0) is 13.1 Å². The Balaban J connectivity index is 2.18. The van der Waals surface area contributed by atoms with E-state index in [9.17, 15) is 5.11 Å². The number of rotatable bonds is 6. The van der Waals surface area contributed by atoms with E-state index in [0.29, 0.717) is 13.0 Å². The van der Waals surface area contributed by atoms with Crippen molar-refractivity contribution in [3.05, 3.63) is 0 Å². The zero-order chi connectivity index (χ0) is 11.1. The van der Waals surface area contributed by atoms with Gasteiger partial charge in [-0.1, -0.05) is 13.8 Å². The third kappa shape index (κ3) is 4.93. The third-order valence-corrected chi connectivity index (χ3v) is 2.83. The molecule has 2 unspecified atom stereocenters. The molecule has 0 aromatic heterocycles. The SMILES string of the molecule is CCN(CC)CC(O)CC1C[N]CCO1. The highest BCUT2D eigenvalue weighted by Gasteiger charge is 2.19. The average molecular weight is 215 g/mol. The van der Waals surface area contributed by atoms with Crippen molar-refractivity contribution >= 4 is 0 Å². The second-order valence-corrected chi connectivity index (χ2v) is 4.00. The first-order valence-corrected chi connectivity index (χ1v) is 5.91. The summed E-state index contributed by atoms with van der Waals surface area (Å²) >= 11 is 0. The minimum Gasteiger partial charge on any atom is -0.392 e. The lowest BCUT2D eigenvalue weighted by molar-refractivity contribution is -0.0123. The van der Waals surface area contributed by atoms with E-state index in [2.05, 4.69) is 24.1 Å². The molecule has 0 spiro atoms. The van der Waals surface area contributed by atoms with Crippen molar-refractivity contribution in [2.75, 3.05) is 39.3 Å². The van der Waals surface area contributed by atoms with Gasteiger partial charge in [0.15, 0.2) is 0 Å². The Morgan fingerprint density at radius 1 is 1.47 bits per heavy atom. The molecule has 1 radical (unpaired) electrons. The molecule has 2 atom stereocenters. The van der Waals surface area contributed by atoms with Crippen LogP contribution >= 0.6 is 0 Å². The van der Waals surface area contributed by atoms with Gasteiger partial charge in [0.1, 0.15) is 0 Å². The largest absolute Gasteiger partial charge is 0.392 e. The second kappa shape index (κ2) is 7.17. The van der Waals surface area contributed by atoms with Gasteiger partial charge < -0.3 is 14.7 Å². The minimum atomic E-state index is -0.289. The van der Waals surface area contributed by atoms with E-state index in [1.54, 1.807) is 0 Å². The van der Waals surface area contributed by atoms with Gasteiger partial charge >= 0.3 is 0 Å². The zero-order valence-corrected chi connectivity index (χ0v) is 9.85. The van der Waals surface area contributed by atoms with Crippen molar-refractivity contribution in [1.29, 1.82) is 0 Å². The fourth-order valence-electron chi connectivity index (χ4n) is 1.87. The molecule has 0 bridgehead atoms. The summed E-state index contributed by atoms with van der Waals surface area (Å²) in [4.78, 5) is 2.23. The van der Waals surface area contributed by atoms with Crippen molar-refractivity contribution in [2.24, 2.45) is 0 Å². The number of morpholine rings is 1. The third-order valence-electron chi connectivity index (χ3n) is 2.83. The van der Waals surface area contributed by atoms with Crippen LogP contribution < -0.4 is 5.32 Å². The lowest BCUT2D eigenvalue weighted by Crippen LogP contribution is -2.40. The highest BCUT2D eigenvalue weighted by Crippen LogP contribution is 2.07. The lowest BCUT2D eigenvalue weighted by Gasteiger charge is -2.27. The predicted molar refractivity (Wildman–Crippen MR) is 60.0 cm³/mol. The molecule has 0 aromatic rings. The average Bonchev–Trinajstić information content (AvgIpc) is 2.27. The summed E-state index contributed by atoms with van der Waals surface area (Å²) < 4.78 is 5.53. The molecule has 1 saturated heterocycles. The molecule has 1 aliphatic rings. The standard InChI is InChI=1S/C11H23N2O2/c1-3-13(4-2)9-10(14)7-11-8-12-5-6-15-11/h10-11,14H,3-9H2,1-2H3. The first-order valence-electron chi connectivity index (χ1n) is 5.91. The maximum absolute atomic E-state index is 9.87. The highest BCUT2D eigenvalue weighted by molar-refractivity contribution is 4.73. The number of likely N-dealkylation sites (N-methyl/N-ethyl adjacent to an activating group) is 1. The normalized spacial score (nSPS) is 24.4. The van der Waals surface area contributed by atoms with E-state index < -0.39 is 0 Å². The number of aliphatic hydroxyl groups excluding tert-OH is 1. The van der Waals surface area contributed by atoms with Crippen LogP contribution in [0.25, 0.3) is 0 Å². The van der Waals surface area contributed by atoms with Crippen molar-refractivity contribution in [3.63, 3.8) is 0 Å². The Kier molecular flexibility index (Phi) is 6.17. The van der Waals surface area contributed by atoms with Crippen LogP contribution in [0.15, 0.2) is 0 Å². The Labute approximate surface area is 92.6 Å². The number of ether oxygens (including phenoxy) is 1. The topological polar surface area (TPSA) is 46.8 Å². The van der Waals surface area contributed by atoms with Gasteiger partial charge in [-0.25, -0.2) is 5.32 Å². The maximum Gasteiger partial charge on any atom is 0.0741 e. The first-order chi connectivity index (χ1) is 7.26. The van der Waals surface area contributed by atoms with Crippen LogP contribution in [0.1, 0.15) is 20.3 Å². The molecule has 4 heteroatoms. The molecule has 0 saturated carbocycles. The summed E-state index contributed by atoms with van der Waals surface area (Å²) in [5.74, 6) is 0. The fraction of sp³-hybridized carbons (Fsp3) is 1.00. The van der Waals surface area contributed by atoms with Gasteiger partial charge in [-0.2, -0.15) is 0 Å². The number of aliphatic hydroxyl groups is 1. The summed E-state index contributed by atoms with van der Waals surface area (Å²) in [5, 5.41) is 14.2. The highest BCUT2D eigenvalue weighted by atomic mass is 16.5. The van der Waals surface area contributed by atoms with Crippen molar-refractivity contribution in [1.82, 2.24) is 10.2 Å². The van der Waals surface area contributed by atoms with Gasteiger partial charge in [-0.3, -0.25) is 0 Å². The van der Waals surface area contributed by atoms with Crippen LogP contribution in [-0.4, -0.2) is 61.5 Å². The van der Waals surface area contributed by atoms with E-state index in [-0.39, 0.29) is 12.2 Å². The number of hydrogen-bond donors (Lipinski definition) is 1. The predicted octanol–water partition coefficient (Wildman–Crippen LogP) is 0.0824. The van der Waals surface area contributed by atoms with E-state index in [1.165, 1.54) is 0 Å². The maximum atomic E-state index is 9.87. The summed E-state index contributed by atoms with van der Waals surface area (Å²) in [5.41, 5.74) is 0. The molecule has 0 amide bonds. The first kappa shape index (κ1) is 12.9. The Bertz CT molecular complexity index is 157. The molecule has 89 valence electrons. The van der Waals surface area contributed by atoms with Crippen LogP contribution in [-0.2, 0) is 4.74 Å². The number of nitrogens with zero attached hydrogens (tertiary/aromatic N) is 2. The van der Waals surface area contributed by atoms with Crippen molar-refractivity contribution in [3.8, 4) is 0 Å². The van der Waals surface area contributed by atoms with Crippen LogP contribution in [0.4, 0.5) is 0 Å². The molecular formula is C11H23N2O2. The van der Waals surface area contributed by atoms with Crippen LogP contribution in [0, 0.1) is 0 Å². The van der Waals surface area contributed by atoms with Gasteiger partial charge in [0.05, 0.1) is 18.8 Å². The van der Waals surface area contributed by atoms with E-state index in [0.717, 1.165) is 32.7 Å². The van der Waals surface area contributed by atoms with E-state index in [4.69, 9.17) is 4.74 Å². The molecule has 1 rings (SSSR count). The van der Waals surface area contributed by atoms with Crippen molar-refractivity contribution in [2.45, 2.75) is 32.5 Å². The molecule has 1 heterocycles. The fourth-order valence-corrected chi connectivity index (χ4v) is 1.87. The number of hydrogen-bond acceptors (Lipinski definition) is 3. The smallest absolute Gasteiger partial charge is 0.0741 e. The Morgan fingerprint density at radius 2 is 2.20 bits per heavy atom. The van der Waals surface area contributed by atoms with Gasteiger partial charge in [0.25, 0.3) is 0 Å². The molecule has 1 N–H and O–H groups in total. The summed E-state index contributed by atoms with van der Waals surface area (Å²) in [6.07, 6.45) is 0.549. The summed E-state index contributed by atoms with van der Waals surface area (Å²) in [6, 6.07) is 0. The Hall–Kier alpha value is -0.160. The molecule has 0 aliphatic carbocycles. The quantitative estimate of drug-likeness (QED) is 0.682. The molecule has 15 heavy (non-hydrogen) atoms. The zero-order valence-electron chi connectivity index (χ0n) is 9.85. The summed E-state index contributed by atoms with van der Waals surface area (Å²) in [7, 11) is 0. The van der Waals surface area contributed by atoms with E-state index in [1.807, 2.05) is 0 Å². The van der Waals surface area contributed by atoms with Gasteiger partial charge in [0, 0.05) is 26.1 Å². The van der Waals surface area contributed by atoms with Crippen LogP contribution in [0.5, 0.6) is 0 Å². The summed E-state index contributed by atoms with van der Waals surface area (Å²) in [6.45, 7) is 9.21. The lowest BCUT2D eigenvalue weighted by atomic mass is 10.1. The molecule has 1 aliphatic heterocycles. The second-order valence-electron chi connectivity index (χ2n) is 4.00.